The average molecular weight is 341 g/mol. The molecule has 0 bridgehead atoms. The zero-order valence-electron chi connectivity index (χ0n) is 14.4. The summed E-state index contributed by atoms with van der Waals surface area (Å²) in [6.07, 6.45) is 0. The number of aliphatic hydroxyl groups excluding tert-OH is 1. The Morgan fingerprint density at radius 1 is 1.43 bits per heavy atom. The number of methoxy groups -OCH3 is 1. The highest BCUT2D eigenvalue weighted by molar-refractivity contribution is 7.13. The quantitative estimate of drug-likeness (QED) is 0.802. The predicted molar refractivity (Wildman–Crippen MR) is 90.9 cm³/mol. The topological polar surface area (TPSA) is 65.9 Å². The van der Waals surface area contributed by atoms with E-state index in [9.17, 15) is 9.90 Å². The molecule has 1 aromatic heterocycles. The van der Waals surface area contributed by atoms with E-state index in [0.717, 1.165) is 28.7 Å². The van der Waals surface area contributed by atoms with Crippen molar-refractivity contribution < 1.29 is 14.6 Å². The number of nitrogens with zero attached hydrogens (tertiary/aromatic N) is 3. The van der Waals surface area contributed by atoms with Gasteiger partial charge in [0.2, 0.25) is 0 Å². The number of aryl methyl sites for hydroxylation is 2. The van der Waals surface area contributed by atoms with E-state index in [1.54, 1.807) is 7.11 Å². The fourth-order valence-corrected chi connectivity index (χ4v) is 4.02. The van der Waals surface area contributed by atoms with Crippen LogP contribution in [-0.2, 0) is 4.74 Å². The molecule has 1 fully saturated rings. The third-order valence-electron chi connectivity index (χ3n) is 4.42. The summed E-state index contributed by atoms with van der Waals surface area (Å²) in [5.41, 5.74) is 0.804. The molecule has 1 amide bonds. The van der Waals surface area contributed by atoms with Crippen molar-refractivity contribution in [1.82, 2.24) is 14.8 Å². The minimum Gasteiger partial charge on any atom is -0.396 e. The maximum Gasteiger partial charge on any atom is 0.265 e. The lowest BCUT2D eigenvalue weighted by Crippen LogP contribution is -2.33. The van der Waals surface area contributed by atoms with E-state index in [-0.39, 0.29) is 18.4 Å². The Kier molecular flexibility index (Phi) is 6.52. The zero-order chi connectivity index (χ0) is 17.0. The molecule has 2 heterocycles. The maximum absolute atomic E-state index is 12.7. The number of carbonyl (C=O) groups is 1. The molecule has 2 atom stereocenters. The fraction of sp³-hybridized carbons (Fsp3) is 0.750. The van der Waals surface area contributed by atoms with Gasteiger partial charge in [-0.25, -0.2) is 4.98 Å². The molecule has 0 aromatic carbocycles. The van der Waals surface area contributed by atoms with Gasteiger partial charge in [0.25, 0.3) is 5.91 Å². The number of thiazole rings is 1. The summed E-state index contributed by atoms with van der Waals surface area (Å²) in [7, 11) is 3.74. The molecule has 1 saturated heterocycles. The maximum atomic E-state index is 12.7. The van der Waals surface area contributed by atoms with Crippen LogP contribution in [0.2, 0.25) is 0 Å². The molecule has 6 nitrogen and oxygen atoms in total. The molecule has 1 aliphatic rings. The second kappa shape index (κ2) is 8.19. The molecule has 1 N–H and O–H groups in total. The predicted octanol–water partition coefficient (Wildman–Crippen LogP) is 1.02. The van der Waals surface area contributed by atoms with Gasteiger partial charge in [-0.05, 0) is 26.8 Å². The summed E-state index contributed by atoms with van der Waals surface area (Å²) < 4.78 is 5.10. The number of hydrogen-bond acceptors (Lipinski definition) is 6. The summed E-state index contributed by atoms with van der Waals surface area (Å²) in [6, 6.07) is 0. The summed E-state index contributed by atoms with van der Waals surface area (Å²) in [5, 5.41) is 10.6. The third-order valence-corrected chi connectivity index (χ3v) is 5.48. The van der Waals surface area contributed by atoms with Gasteiger partial charge in [0.05, 0.1) is 17.3 Å². The molecule has 0 spiro atoms. The van der Waals surface area contributed by atoms with Crippen molar-refractivity contribution in [3.05, 3.63) is 15.6 Å². The van der Waals surface area contributed by atoms with Gasteiger partial charge >= 0.3 is 0 Å². The Balaban J connectivity index is 2.00. The smallest absolute Gasteiger partial charge is 0.265 e. The molecule has 1 aromatic rings. The van der Waals surface area contributed by atoms with Crippen molar-refractivity contribution in [3.8, 4) is 0 Å². The molecule has 23 heavy (non-hydrogen) atoms. The van der Waals surface area contributed by atoms with E-state index in [4.69, 9.17) is 4.74 Å². The number of likely N-dealkylation sites (tertiary alicyclic amines) is 1. The molecule has 130 valence electrons. The van der Waals surface area contributed by atoms with Crippen LogP contribution in [0.25, 0.3) is 0 Å². The van der Waals surface area contributed by atoms with Gasteiger partial charge < -0.3 is 19.6 Å². The van der Waals surface area contributed by atoms with Crippen LogP contribution in [0.5, 0.6) is 0 Å². The monoisotopic (exact) mass is 341 g/mol. The van der Waals surface area contributed by atoms with Crippen LogP contribution in [0.3, 0.4) is 0 Å². The van der Waals surface area contributed by atoms with Crippen LogP contribution in [0.1, 0.15) is 20.4 Å². The van der Waals surface area contributed by atoms with E-state index in [1.165, 1.54) is 11.3 Å². The zero-order valence-corrected chi connectivity index (χ0v) is 15.2. The van der Waals surface area contributed by atoms with E-state index < -0.39 is 0 Å². The Labute approximate surface area is 142 Å². The van der Waals surface area contributed by atoms with E-state index in [2.05, 4.69) is 16.9 Å². The SMILES string of the molecule is COCCN(C)CC1CN(C(=O)c2sc(C)nc2C)CC1CO. The Morgan fingerprint density at radius 2 is 2.13 bits per heavy atom. The largest absolute Gasteiger partial charge is 0.396 e. The Hall–Kier alpha value is -1.02. The Bertz CT molecular complexity index is 535. The van der Waals surface area contributed by atoms with E-state index in [1.807, 2.05) is 18.7 Å². The van der Waals surface area contributed by atoms with E-state index in [0.29, 0.717) is 25.6 Å². The molecule has 1 aliphatic heterocycles. The number of ether oxygens (including phenoxy) is 1. The van der Waals surface area contributed by atoms with Crippen LogP contribution in [0.15, 0.2) is 0 Å². The molecule has 2 unspecified atom stereocenters. The van der Waals surface area contributed by atoms with Crippen LogP contribution < -0.4 is 0 Å². The number of carbonyl (C=O) groups excluding carboxylic acids is 1. The molecule has 7 heteroatoms. The number of aromatic nitrogens is 1. The van der Waals surface area contributed by atoms with Crippen molar-refractivity contribution >= 4 is 17.2 Å². The molecule has 0 aliphatic carbocycles. The van der Waals surface area contributed by atoms with Crippen LogP contribution in [0, 0.1) is 25.7 Å². The molecule has 2 rings (SSSR count). The fourth-order valence-electron chi connectivity index (χ4n) is 3.13. The molecular formula is C16H27N3O3S. The minimum atomic E-state index is 0.0496. The van der Waals surface area contributed by atoms with Crippen LogP contribution in [-0.4, -0.2) is 79.3 Å². The first-order chi connectivity index (χ1) is 11.0. The molecule has 0 saturated carbocycles. The number of likely N-dealkylation sites (N-methyl/N-ethyl adjacent to an activating group) is 1. The van der Waals surface area contributed by atoms with Crippen molar-refractivity contribution in [2.24, 2.45) is 11.8 Å². The van der Waals surface area contributed by atoms with Crippen molar-refractivity contribution in [1.29, 1.82) is 0 Å². The summed E-state index contributed by atoms with van der Waals surface area (Å²) >= 11 is 1.45. The highest BCUT2D eigenvalue weighted by Gasteiger charge is 2.36. The first kappa shape index (κ1) is 18.3. The van der Waals surface area contributed by atoms with Gasteiger partial charge in [-0.1, -0.05) is 0 Å². The second-order valence-electron chi connectivity index (χ2n) is 6.32. The van der Waals surface area contributed by atoms with Gasteiger partial charge in [0.15, 0.2) is 0 Å². The van der Waals surface area contributed by atoms with Crippen molar-refractivity contribution in [2.45, 2.75) is 13.8 Å². The number of rotatable bonds is 7. The number of hydrogen-bond donors (Lipinski definition) is 1. The van der Waals surface area contributed by atoms with Crippen molar-refractivity contribution in [3.63, 3.8) is 0 Å². The highest BCUT2D eigenvalue weighted by Crippen LogP contribution is 2.27. The lowest BCUT2D eigenvalue weighted by atomic mass is 9.96. The van der Waals surface area contributed by atoms with Crippen LogP contribution >= 0.6 is 11.3 Å². The average Bonchev–Trinajstić information content (AvgIpc) is 3.07. The number of amides is 1. The number of aliphatic hydroxyl groups is 1. The molecule has 0 radical (unpaired) electrons. The van der Waals surface area contributed by atoms with Crippen molar-refractivity contribution in [2.75, 3.05) is 53.6 Å². The first-order valence-corrected chi connectivity index (χ1v) is 8.79. The Morgan fingerprint density at radius 3 is 2.70 bits per heavy atom. The molecular weight excluding hydrogens is 314 g/mol. The highest BCUT2D eigenvalue weighted by atomic mass is 32.1. The van der Waals surface area contributed by atoms with Gasteiger partial charge in [0, 0.05) is 45.8 Å². The van der Waals surface area contributed by atoms with Crippen LogP contribution in [0.4, 0.5) is 0 Å². The van der Waals surface area contributed by atoms with Gasteiger partial charge in [0.1, 0.15) is 4.88 Å². The second-order valence-corrected chi connectivity index (χ2v) is 7.52. The van der Waals surface area contributed by atoms with Gasteiger partial charge in [-0.2, -0.15) is 0 Å². The lowest BCUT2D eigenvalue weighted by Gasteiger charge is -2.23. The minimum absolute atomic E-state index is 0.0496. The lowest BCUT2D eigenvalue weighted by molar-refractivity contribution is 0.0782. The summed E-state index contributed by atoms with van der Waals surface area (Å²) in [4.78, 5) is 21.9. The van der Waals surface area contributed by atoms with Gasteiger partial charge in [-0.15, -0.1) is 11.3 Å². The van der Waals surface area contributed by atoms with Gasteiger partial charge in [-0.3, -0.25) is 4.79 Å². The summed E-state index contributed by atoms with van der Waals surface area (Å²) in [6.45, 7) is 7.63. The standard InChI is InChI=1S/C16H27N3O3S/c1-11-15(23-12(2)17-11)16(21)19-8-13(14(9-19)10-20)7-18(3)5-6-22-4/h13-14,20H,5-10H2,1-4H3. The third kappa shape index (κ3) is 4.50. The van der Waals surface area contributed by atoms with E-state index >= 15 is 0 Å². The summed E-state index contributed by atoms with van der Waals surface area (Å²) in [5.74, 6) is 0.479. The normalized spacial score (nSPS) is 21.4. The first-order valence-electron chi connectivity index (χ1n) is 7.97.